The summed E-state index contributed by atoms with van der Waals surface area (Å²) in [6.45, 7) is 3.09. The Bertz CT molecular complexity index is 131. The molecule has 52 valence electrons. The minimum atomic E-state index is -0.207. The van der Waals surface area contributed by atoms with Crippen molar-refractivity contribution in [2.75, 3.05) is 7.05 Å². The van der Waals surface area contributed by atoms with Crippen LogP contribution in [-0.2, 0) is 9.59 Å². The lowest BCUT2D eigenvalue weighted by Crippen LogP contribution is -2.30. The monoisotopic (exact) mass is 129 g/mol. The predicted octanol–water partition coefficient (Wildman–Crippen LogP) is 0.401. The van der Waals surface area contributed by atoms with Crippen LogP contribution in [-0.4, -0.2) is 23.8 Å². The molecule has 0 rings (SSSR count). The van der Waals surface area contributed by atoms with E-state index in [-0.39, 0.29) is 11.8 Å². The maximum absolute atomic E-state index is 10.7. The maximum Gasteiger partial charge on any atom is 0.228 e. The van der Waals surface area contributed by atoms with Crippen LogP contribution in [0.2, 0.25) is 0 Å². The SMILES string of the molecule is CCC(=O)N(C)C(C)=O. The highest BCUT2D eigenvalue weighted by atomic mass is 16.2. The van der Waals surface area contributed by atoms with E-state index >= 15 is 0 Å². The molecule has 2 amide bonds. The van der Waals surface area contributed by atoms with Crippen LogP contribution >= 0.6 is 0 Å². The zero-order chi connectivity index (χ0) is 7.44. The van der Waals surface area contributed by atoms with Gasteiger partial charge in [0.05, 0.1) is 0 Å². The second kappa shape index (κ2) is 3.22. The summed E-state index contributed by atoms with van der Waals surface area (Å²) in [7, 11) is 1.48. The van der Waals surface area contributed by atoms with Gasteiger partial charge in [0.25, 0.3) is 0 Å². The molecule has 0 heterocycles. The largest absolute Gasteiger partial charge is 0.286 e. The molecule has 0 N–H and O–H groups in total. The highest BCUT2D eigenvalue weighted by Gasteiger charge is 2.08. The van der Waals surface area contributed by atoms with Gasteiger partial charge in [0.2, 0.25) is 11.8 Å². The van der Waals surface area contributed by atoms with Crippen molar-refractivity contribution >= 4 is 11.8 Å². The smallest absolute Gasteiger partial charge is 0.228 e. The zero-order valence-corrected chi connectivity index (χ0v) is 5.97. The first-order valence-electron chi connectivity index (χ1n) is 2.86. The molecular formula is C6H11NO2. The molecule has 0 saturated carbocycles. The molecule has 0 aromatic carbocycles. The summed E-state index contributed by atoms with van der Waals surface area (Å²) in [5, 5.41) is 0. The number of amides is 2. The van der Waals surface area contributed by atoms with Crippen molar-refractivity contribution in [2.45, 2.75) is 20.3 Å². The van der Waals surface area contributed by atoms with Gasteiger partial charge < -0.3 is 0 Å². The summed E-state index contributed by atoms with van der Waals surface area (Å²) < 4.78 is 0. The Morgan fingerprint density at radius 1 is 1.44 bits per heavy atom. The Balaban J connectivity index is 3.88. The molecule has 0 radical (unpaired) electrons. The van der Waals surface area contributed by atoms with Crippen LogP contribution in [0.5, 0.6) is 0 Å². The van der Waals surface area contributed by atoms with E-state index in [4.69, 9.17) is 0 Å². The van der Waals surface area contributed by atoms with Gasteiger partial charge in [0.15, 0.2) is 0 Å². The number of imide groups is 1. The molecule has 0 aliphatic heterocycles. The van der Waals surface area contributed by atoms with Gasteiger partial charge >= 0.3 is 0 Å². The van der Waals surface area contributed by atoms with E-state index in [2.05, 4.69) is 0 Å². The fourth-order valence-electron chi connectivity index (χ4n) is 0.413. The minimum Gasteiger partial charge on any atom is -0.286 e. The van der Waals surface area contributed by atoms with Crippen LogP contribution in [0.25, 0.3) is 0 Å². The number of hydrogen-bond donors (Lipinski definition) is 0. The van der Waals surface area contributed by atoms with Crippen molar-refractivity contribution in [1.29, 1.82) is 0 Å². The molecular weight excluding hydrogens is 118 g/mol. The second-order valence-electron chi connectivity index (χ2n) is 1.83. The Morgan fingerprint density at radius 3 is 2.00 bits per heavy atom. The third-order valence-corrected chi connectivity index (χ3v) is 1.15. The lowest BCUT2D eigenvalue weighted by atomic mass is 10.4. The van der Waals surface area contributed by atoms with Crippen molar-refractivity contribution < 1.29 is 9.59 Å². The molecule has 0 spiro atoms. The minimum absolute atomic E-state index is 0.137. The summed E-state index contributed by atoms with van der Waals surface area (Å²) in [5.41, 5.74) is 0. The van der Waals surface area contributed by atoms with Gasteiger partial charge in [0, 0.05) is 20.4 Å². The van der Waals surface area contributed by atoms with E-state index in [1.54, 1.807) is 6.92 Å². The molecule has 3 heteroatoms. The molecule has 0 fully saturated rings. The van der Waals surface area contributed by atoms with E-state index in [1.807, 2.05) is 0 Å². The van der Waals surface area contributed by atoms with E-state index in [0.717, 1.165) is 4.90 Å². The van der Waals surface area contributed by atoms with Crippen molar-refractivity contribution in [3.8, 4) is 0 Å². The Morgan fingerprint density at radius 2 is 1.89 bits per heavy atom. The molecule has 0 saturated heterocycles. The summed E-state index contributed by atoms with van der Waals surface area (Å²) in [6.07, 6.45) is 0.385. The van der Waals surface area contributed by atoms with Crippen molar-refractivity contribution in [2.24, 2.45) is 0 Å². The molecule has 9 heavy (non-hydrogen) atoms. The van der Waals surface area contributed by atoms with Crippen molar-refractivity contribution in [3.05, 3.63) is 0 Å². The van der Waals surface area contributed by atoms with Gasteiger partial charge in [-0.3, -0.25) is 14.5 Å². The predicted molar refractivity (Wildman–Crippen MR) is 33.7 cm³/mol. The third kappa shape index (κ3) is 2.26. The van der Waals surface area contributed by atoms with Crippen LogP contribution in [0.3, 0.4) is 0 Å². The first-order chi connectivity index (χ1) is 4.09. The molecule has 0 unspecified atom stereocenters. The van der Waals surface area contributed by atoms with Crippen LogP contribution in [0.1, 0.15) is 20.3 Å². The summed E-state index contributed by atoms with van der Waals surface area (Å²) in [5.74, 6) is -0.343. The lowest BCUT2D eigenvalue weighted by molar-refractivity contribution is -0.141. The maximum atomic E-state index is 10.7. The molecule has 0 aliphatic rings. The molecule has 3 nitrogen and oxygen atoms in total. The molecule has 0 aromatic heterocycles. The average Bonchev–Trinajstić information content (AvgIpc) is 1.84. The number of nitrogens with zero attached hydrogens (tertiary/aromatic N) is 1. The average molecular weight is 129 g/mol. The van der Waals surface area contributed by atoms with Crippen LogP contribution in [0, 0.1) is 0 Å². The third-order valence-electron chi connectivity index (χ3n) is 1.15. The zero-order valence-electron chi connectivity index (χ0n) is 5.97. The number of carbonyl (C=O) groups is 2. The van der Waals surface area contributed by atoms with Crippen LogP contribution < -0.4 is 0 Å². The van der Waals surface area contributed by atoms with Gasteiger partial charge in [-0.15, -0.1) is 0 Å². The lowest BCUT2D eigenvalue weighted by Gasteiger charge is -2.09. The molecule has 0 atom stereocenters. The quantitative estimate of drug-likeness (QED) is 0.514. The Hall–Kier alpha value is -0.860. The van der Waals surface area contributed by atoms with E-state index in [0.29, 0.717) is 6.42 Å². The van der Waals surface area contributed by atoms with E-state index < -0.39 is 0 Å². The first kappa shape index (κ1) is 8.14. The van der Waals surface area contributed by atoms with Crippen molar-refractivity contribution in [1.82, 2.24) is 4.90 Å². The van der Waals surface area contributed by atoms with Gasteiger partial charge in [-0.2, -0.15) is 0 Å². The normalized spacial score (nSPS) is 8.78. The second-order valence-corrected chi connectivity index (χ2v) is 1.83. The number of hydrogen-bond acceptors (Lipinski definition) is 2. The summed E-state index contributed by atoms with van der Waals surface area (Å²) >= 11 is 0. The highest BCUT2D eigenvalue weighted by molar-refractivity contribution is 5.93. The fourth-order valence-corrected chi connectivity index (χ4v) is 0.413. The number of rotatable bonds is 1. The summed E-state index contributed by atoms with van der Waals surface area (Å²) in [4.78, 5) is 22.2. The van der Waals surface area contributed by atoms with Gasteiger partial charge in [-0.1, -0.05) is 6.92 Å². The van der Waals surface area contributed by atoms with Crippen LogP contribution in [0.15, 0.2) is 0 Å². The molecule has 0 bridgehead atoms. The highest BCUT2D eigenvalue weighted by Crippen LogP contribution is 1.88. The first-order valence-corrected chi connectivity index (χ1v) is 2.86. The van der Waals surface area contributed by atoms with E-state index in [9.17, 15) is 9.59 Å². The summed E-state index contributed by atoms with van der Waals surface area (Å²) in [6, 6.07) is 0. The fraction of sp³-hybridized carbons (Fsp3) is 0.667. The molecule has 0 aliphatic carbocycles. The standard InChI is InChI=1S/C6H11NO2/c1-4-6(9)7(3)5(2)8/h4H2,1-3H3. The number of carbonyl (C=O) groups excluding carboxylic acids is 2. The Labute approximate surface area is 54.6 Å². The van der Waals surface area contributed by atoms with Crippen molar-refractivity contribution in [3.63, 3.8) is 0 Å². The van der Waals surface area contributed by atoms with Gasteiger partial charge in [-0.05, 0) is 0 Å². The topological polar surface area (TPSA) is 37.4 Å². The van der Waals surface area contributed by atoms with Gasteiger partial charge in [-0.25, -0.2) is 0 Å². The van der Waals surface area contributed by atoms with E-state index in [1.165, 1.54) is 14.0 Å². The van der Waals surface area contributed by atoms with Gasteiger partial charge in [0.1, 0.15) is 0 Å². The Kier molecular flexibility index (Phi) is 2.91. The molecule has 0 aromatic rings. The van der Waals surface area contributed by atoms with Crippen LogP contribution in [0.4, 0.5) is 0 Å².